The topological polar surface area (TPSA) is 56.3 Å². The molecule has 0 saturated carbocycles. The van der Waals surface area contributed by atoms with Crippen LogP contribution in [0.5, 0.6) is 0 Å². The predicted octanol–water partition coefficient (Wildman–Crippen LogP) is 3.54. The van der Waals surface area contributed by atoms with Crippen LogP contribution in [-0.4, -0.2) is 46.3 Å². The highest BCUT2D eigenvalue weighted by Gasteiger charge is 2.23. The molecule has 2 aliphatic rings. The summed E-state index contributed by atoms with van der Waals surface area (Å²) in [7, 11) is 0. The summed E-state index contributed by atoms with van der Waals surface area (Å²) in [5.74, 6) is 2.60. The third-order valence-electron chi connectivity index (χ3n) is 4.94. The van der Waals surface area contributed by atoms with Crippen LogP contribution in [0.25, 0.3) is 0 Å². The van der Waals surface area contributed by atoms with Gasteiger partial charge < -0.3 is 20.4 Å². The maximum Gasteiger partial charge on any atom is 0.232 e. The Morgan fingerprint density at radius 1 is 1.08 bits per heavy atom. The first-order valence-electron chi connectivity index (χ1n) is 9.82. The fourth-order valence-corrected chi connectivity index (χ4v) is 4.04. The monoisotopic (exact) mass is 376 g/mol. The average Bonchev–Trinajstić information content (AvgIpc) is 3.07. The van der Waals surface area contributed by atoms with E-state index < -0.39 is 0 Å². The molecule has 0 bridgehead atoms. The van der Waals surface area contributed by atoms with Gasteiger partial charge in [-0.3, -0.25) is 0 Å². The Morgan fingerprint density at radius 2 is 1.73 bits per heavy atom. The van der Waals surface area contributed by atoms with Crippen molar-refractivity contribution in [3.05, 3.63) is 6.07 Å². The first-order chi connectivity index (χ1) is 12.3. The van der Waals surface area contributed by atoms with E-state index in [9.17, 15) is 0 Å². The molecule has 0 unspecified atom stereocenters. The summed E-state index contributed by atoms with van der Waals surface area (Å²) >= 11 is 5.46. The fourth-order valence-electron chi connectivity index (χ4n) is 3.65. The summed E-state index contributed by atoms with van der Waals surface area (Å²) in [4.78, 5) is 14.3. The van der Waals surface area contributed by atoms with Gasteiger partial charge in [-0.15, -0.1) is 0 Å². The highest BCUT2D eigenvalue weighted by molar-refractivity contribution is 7.80. The highest BCUT2D eigenvalue weighted by atomic mass is 32.1. The Morgan fingerprint density at radius 3 is 2.38 bits per heavy atom. The molecule has 0 spiro atoms. The van der Waals surface area contributed by atoms with Crippen molar-refractivity contribution in [2.24, 2.45) is 0 Å². The van der Waals surface area contributed by atoms with Crippen LogP contribution < -0.4 is 20.4 Å². The second kappa shape index (κ2) is 7.94. The van der Waals surface area contributed by atoms with Crippen LogP contribution in [0, 0.1) is 0 Å². The smallest absolute Gasteiger partial charge is 0.232 e. The maximum absolute atomic E-state index is 5.46. The van der Waals surface area contributed by atoms with E-state index in [0.717, 1.165) is 31.3 Å². The van der Waals surface area contributed by atoms with Gasteiger partial charge in [-0.2, -0.15) is 9.97 Å². The van der Waals surface area contributed by atoms with Crippen LogP contribution in [0.3, 0.4) is 0 Å². The molecule has 3 rings (SSSR count). The lowest BCUT2D eigenvalue weighted by atomic mass is 10.0. The van der Waals surface area contributed by atoms with Crippen molar-refractivity contribution in [1.29, 1.82) is 0 Å². The van der Waals surface area contributed by atoms with E-state index in [-0.39, 0.29) is 5.54 Å². The third-order valence-corrected chi connectivity index (χ3v) is 5.14. The molecule has 2 aliphatic heterocycles. The second-order valence-corrected chi connectivity index (χ2v) is 8.88. The predicted molar refractivity (Wildman–Crippen MR) is 113 cm³/mol. The molecule has 26 heavy (non-hydrogen) atoms. The molecule has 1 aromatic rings. The first kappa shape index (κ1) is 19.1. The van der Waals surface area contributed by atoms with Gasteiger partial charge >= 0.3 is 0 Å². The number of nitrogens with one attached hydrogen (secondary N) is 2. The fraction of sp³-hybridized carbons (Fsp3) is 0.737. The molecular formula is C19H32N6S. The number of piperidine rings is 1. The van der Waals surface area contributed by atoms with E-state index in [2.05, 4.69) is 54.2 Å². The van der Waals surface area contributed by atoms with Crippen molar-refractivity contribution in [1.82, 2.24) is 15.3 Å². The molecule has 0 aromatic carbocycles. The molecule has 2 fully saturated rings. The van der Waals surface area contributed by atoms with Gasteiger partial charge in [0.15, 0.2) is 5.11 Å². The van der Waals surface area contributed by atoms with Gasteiger partial charge in [0.1, 0.15) is 11.6 Å². The molecule has 0 aliphatic carbocycles. The van der Waals surface area contributed by atoms with Gasteiger partial charge in [0.25, 0.3) is 0 Å². The molecular weight excluding hydrogens is 344 g/mol. The van der Waals surface area contributed by atoms with Gasteiger partial charge in [-0.05, 0) is 72.0 Å². The molecule has 144 valence electrons. The number of aromatic nitrogens is 2. The lowest BCUT2D eigenvalue weighted by Gasteiger charge is -2.35. The molecule has 0 radical (unpaired) electrons. The lowest BCUT2D eigenvalue weighted by Crippen LogP contribution is -2.43. The molecule has 1 aromatic heterocycles. The summed E-state index contributed by atoms with van der Waals surface area (Å²) in [6.45, 7) is 11.7. The van der Waals surface area contributed by atoms with E-state index in [4.69, 9.17) is 22.2 Å². The van der Waals surface area contributed by atoms with Crippen molar-refractivity contribution in [2.75, 3.05) is 34.8 Å². The average molecular weight is 377 g/mol. The molecule has 6 nitrogen and oxygen atoms in total. The number of hydrogen-bond donors (Lipinski definition) is 2. The summed E-state index contributed by atoms with van der Waals surface area (Å²) < 4.78 is 0. The largest absolute Gasteiger partial charge is 0.358 e. The van der Waals surface area contributed by atoms with Gasteiger partial charge in [0, 0.05) is 37.3 Å². The van der Waals surface area contributed by atoms with Gasteiger partial charge in [0.2, 0.25) is 5.95 Å². The first-order valence-corrected chi connectivity index (χ1v) is 10.2. The Bertz CT molecular complexity index is 635. The highest BCUT2D eigenvalue weighted by Crippen LogP contribution is 2.28. The zero-order chi connectivity index (χ0) is 18.7. The van der Waals surface area contributed by atoms with Crippen LogP contribution in [0.1, 0.15) is 59.8 Å². The SMILES string of the molecule is C[C@H]1CCCCN1c1cc(N2CCCC2)nc(NC(=S)NC(C)(C)C)n1. The van der Waals surface area contributed by atoms with Crippen molar-refractivity contribution >= 4 is 34.9 Å². The van der Waals surface area contributed by atoms with Crippen LogP contribution in [-0.2, 0) is 0 Å². The molecule has 3 heterocycles. The van der Waals surface area contributed by atoms with E-state index in [0.29, 0.717) is 17.1 Å². The van der Waals surface area contributed by atoms with Crippen LogP contribution >= 0.6 is 12.2 Å². The Balaban J connectivity index is 1.86. The molecule has 1 atom stereocenters. The van der Waals surface area contributed by atoms with E-state index >= 15 is 0 Å². The summed E-state index contributed by atoms with van der Waals surface area (Å²) in [5, 5.41) is 7.04. The Kier molecular flexibility index (Phi) is 5.85. The number of hydrogen-bond acceptors (Lipinski definition) is 5. The van der Waals surface area contributed by atoms with E-state index in [1.807, 2.05) is 0 Å². The second-order valence-electron chi connectivity index (χ2n) is 8.47. The number of nitrogens with zero attached hydrogens (tertiary/aromatic N) is 4. The minimum absolute atomic E-state index is 0.0964. The van der Waals surface area contributed by atoms with Crippen LogP contribution in [0.2, 0.25) is 0 Å². The minimum Gasteiger partial charge on any atom is -0.358 e. The van der Waals surface area contributed by atoms with Crippen molar-refractivity contribution in [3.8, 4) is 0 Å². The summed E-state index contributed by atoms with van der Waals surface area (Å²) in [6.07, 6.45) is 6.20. The van der Waals surface area contributed by atoms with Crippen molar-refractivity contribution in [2.45, 2.75) is 71.4 Å². The number of thiocarbonyl (C=S) groups is 1. The van der Waals surface area contributed by atoms with Crippen LogP contribution in [0.15, 0.2) is 6.07 Å². The molecule has 2 N–H and O–H groups in total. The minimum atomic E-state index is -0.0964. The molecule has 0 amide bonds. The van der Waals surface area contributed by atoms with Crippen molar-refractivity contribution in [3.63, 3.8) is 0 Å². The zero-order valence-corrected chi connectivity index (χ0v) is 17.3. The standard InChI is InChI=1S/C19H32N6S/c1-14-9-5-6-12-25(14)16-13-15(24-10-7-8-11-24)20-17(21-16)22-18(26)23-19(2,3)4/h13-14H,5-12H2,1-4H3,(H2,20,21,22,23,26)/t14-/m0/s1. The summed E-state index contributed by atoms with van der Waals surface area (Å²) in [5.41, 5.74) is -0.0964. The van der Waals surface area contributed by atoms with Gasteiger partial charge in [0.05, 0.1) is 0 Å². The number of anilines is 3. The lowest BCUT2D eigenvalue weighted by molar-refractivity contribution is 0.481. The zero-order valence-electron chi connectivity index (χ0n) is 16.5. The van der Waals surface area contributed by atoms with Crippen LogP contribution in [0.4, 0.5) is 17.6 Å². The van der Waals surface area contributed by atoms with E-state index in [1.165, 1.54) is 32.1 Å². The van der Waals surface area contributed by atoms with Gasteiger partial charge in [-0.1, -0.05) is 0 Å². The summed E-state index contributed by atoms with van der Waals surface area (Å²) in [6, 6.07) is 2.66. The van der Waals surface area contributed by atoms with E-state index in [1.54, 1.807) is 0 Å². The van der Waals surface area contributed by atoms with Gasteiger partial charge in [-0.25, -0.2) is 0 Å². The molecule has 2 saturated heterocycles. The maximum atomic E-state index is 5.46. The Labute approximate surface area is 162 Å². The van der Waals surface area contributed by atoms with Crippen molar-refractivity contribution < 1.29 is 0 Å². The Hall–Kier alpha value is -1.63. The third kappa shape index (κ3) is 4.96. The number of rotatable bonds is 3. The quantitative estimate of drug-likeness (QED) is 0.783. The normalized spacial score (nSPS) is 21.0. The molecule has 7 heteroatoms.